The number of aromatic nitrogens is 2. The zero-order chi connectivity index (χ0) is 10.3. The molecule has 0 bridgehead atoms. The molecule has 1 aromatic rings. The lowest BCUT2D eigenvalue weighted by molar-refractivity contribution is -0.116. The summed E-state index contributed by atoms with van der Waals surface area (Å²) in [4.78, 5) is 11.6. The maximum atomic E-state index is 11.6. The lowest BCUT2D eigenvalue weighted by Crippen LogP contribution is -2.14. The molecule has 1 amide bonds. The monoisotopic (exact) mass is 206 g/mol. The Balaban J connectivity index is 1.67. The maximum absolute atomic E-state index is 11.6. The van der Waals surface area contributed by atoms with E-state index in [1.807, 2.05) is 0 Å². The largest absolute Gasteiger partial charge is 0.309 e. The average molecular weight is 206 g/mol. The first kappa shape index (κ1) is 8.91. The quantitative estimate of drug-likeness (QED) is 0.683. The van der Waals surface area contributed by atoms with Crippen molar-refractivity contribution in [1.29, 1.82) is 0 Å². The second kappa shape index (κ2) is 3.34. The van der Waals surface area contributed by atoms with Crippen molar-refractivity contribution in [2.75, 3.05) is 5.32 Å². The number of nitrogens with one attached hydrogen (secondary N) is 3. The number of hydrogen-bond acceptors (Lipinski definition) is 3. The van der Waals surface area contributed by atoms with Gasteiger partial charge in [-0.15, -0.1) is 0 Å². The highest BCUT2D eigenvalue weighted by atomic mass is 16.1. The van der Waals surface area contributed by atoms with Gasteiger partial charge in [0.25, 0.3) is 0 Å². The van der Waals surface area contributed by atoms with Gasteiger partial charge in [-0.3, -0.25) is 9.89 Å². The molecule has 1 fully saturated rings. The van der Waals surface area contributed by atoms with Gasteiger partial charge < -0.3 is 10.6 Å². The molecule has 1 aromatic heterocycles. The molecule has 0 saturated heterocycles. The zero-order valence-corrected chi connectivity index (χ0v) is 8.47. The molecule has 2 aliphatic rings. The van der Waals surface area contributed by atoms with Crippen LogP contribution in [0.3, 0.4) is 0 Å². The van der Waals surface area contributed by atoms with Gasteiger partial charge >= 0.3 is 0 Å². The summed E-state index contributed by atoms with van der Waals surface area (Å²) in [5.74, 6) is 1.43. The summed E-state index contributed by atoms with van der Waals surface area (Å²) in [7, 11) is 0. The number of fused-ring (bicyclic) bond motifs is 1. The fraction of sp³-hybridized carbons (Fsp3) is 0.600. The van der Waals surface area contributed by atoms with Crippen molar-refractivity contribution in [3.05, 3.63) is 11.3 Å². The molecule has 1 aliphatic heterocycles. The number of amides is 1. The van der Waals surface area contributed by atoms with E-state index >= 15 is 0 Å². The highest BCUT2D eigenvalue weighted by molar-refractivity contribution is 5.90. The van der Waals surface area contributed by atoms with Crippen LogP contribution in [-0.2, 0) is 17.9 Å². The molecule has 80 valence electrons. The van der Waals surface area contributed by atoms with Crippen LogP contribution >= 0.6 is 0 Å². The second-order valence-electron chi connectivity index (χ2n) is 4.33. The van der Waals surface area contributed by atoms with Gasteiger partial charge in [-0.05, 0) is 18.8 Å². The van der Waals surface area contributed by atoms with Crippen LogP contribution in [-0.4, -0.2) is 16.1 Å². The third-order valence-corrected chi connectivity index (χ3v) is 2.99. The summed E-state index contributed by atoms with van der Waals surface area (Å²) in [6.45, 7) is 1.62. The second-order valence-corrected chi connectivity index (χ2v) is 4.33. The van der Waals surface area contributed by atoms with E-state index < -0.39 is 0 Å². The van der Waals surface area contributed by atoms with E-state index in [0.29, 0.717) is 18.2 Å². The number of aromatic amines is 1. The fourth-order valence-electron chi connectivity index (χ4n) is 1.92. The van der Waals surface area contributed by atoms with Crippen molar-refractivity contribution < 1.29 is 4.79 Å². The predicted octanol–water partition coefficient (Wildman–Crippen LogP) is 0.751. The van der Waals surface area contributed by atoms with Crippen molar-refractivity contribution in [2.45, 2.75) is 32.4 Å². The van der Waals surface area contributed by atoms with Gasteiger partial charge in [0.1, 0.15) is 0 Å². The molecule has 1 saturated carbocycles. The van der Waals surface area contributed by atoms with E-state index in [1.54, 1.807) is 0 Å². The van der Waals surface area contributed by atoms with Crippen LogP contribution in [0.25, 0.3) is 0 Å². The topological polar surface area (TPSA) is 69.8 Å². The minimum atomic E-state index is 0.0960. The third kappa shape index (κ3) is 1.74. The molecule has 0 aromatic carbocycles. The van der Waals surface area contributed by atoms with E-state index in [0.717, 1.165) is 24.3 Å². The Labute approximate surface area is 87.6 Å². The molecular weight excluding hydrogens is 192 g/mol. The Kier molecular flexibility index (Phi) is 1.98. The summed E-state index contributed by atoms with van der Waals surface area (Å²) >= 11 is 0. The standard InChI is InChI=1S/C10H14N4O/c15-9(3-6-1-2-6)12-10-7-4-11-5-8(7)13-14-10/h6,11H,1-5H2,(H2,12,13,14,15). The highest BCUT2D eigenvalue weighted by Gasteiger charge is 2.26. The van der Waals surface area contributed by atoms with Crippen LogP contribution in [0.15, 0.2) is 0 Å². The van der Waals surface area contributed by atoms with Crippen LogP contribution in [0, 0.1) is 5.92 Å². The summed E-state index contributed by atoms with van der Waals surface area (Å²) in [6.07, 6.45) is 3.05. The number of carbonyl (C=O) groups excluding carboxylic acids is 1. The summed E-state index contributed by atoms with van der Waals surface area (Å²) in [5.41, 5.74) is 2.20. The predicted molar refractivity (Wildman–Crippen MR) is 55.1 cm³/mol. The van der Waals surface area contributed by atoms with Crippen molar-refractivity contribution in [3.8, 4) is 0 Å². The third-order valence-electron chi connectivity index (χ3n) is 2.99. The molecule has 3 N–H and O–H groups in total. The van der Waals surface area contributed by atoms with Gasteiger partial charge in [-0.25, -0.2) is 0 Å². The normalized spacial score (nSPS) is 18.9. The Morgan fingerprint density at radius 3 is 3.13 bits per heavy atom. The lowest BCUT2D eigenvalue weighted by Gasteiger charge is -2.02. The molecular formula is C10H14N4O. The summed E-state index contributed by atoms with van der Waals surface area (Å²) < 4.78 is 0. The number of rotatable bonds is 3. The average Bonchev–Trinajstić information content (AvgIpc) is 2.78. The van der Waals surface area contributed by atoms with Gasteiger partial charge in [0, 0.05) is 25.1 Å². The Morgan fingerprint density at radius 2 is 2.33 bits per heavy atom. The van der Waals surface area contributed by atoms with Gasteiger partial charge in [-0.1, -0.05) is 0 Å². The Morgan fingerprint density at radius 1 is 1.47 bits per heavy atom. The smallest absolute Gasteiger partial charge is 0.225 e. The SMILES string of the molecule is O=C(CC1CC1)Nc1n[nH]c2c1CNC2. The van der Waals surface area contributed by atoms with Crippen molar-refractivity contribution >= 4 is 11.7 Å². The summed E-state index contributed by atoms with van der Waals surface area (Å²) in [5, 5.41) is 13.1. The van der Waals surface area contributed by atoms with Crippen molar-refractivity contribution in [3.63, 3.8) is 0 Å². The van der Waals surface area contributed by atoms with Crippen molar-refractivity contribution in [1.82, 2.24) is 15.5 Å². The Hall–Kier alpha value is -1.36. The minimum absolute atomic E-state index is 0.0960. The number of H-pyrrole nitrogens is 1. The van der Waals surface area contributed by atoms with Crippen LogP contribution in [0.2, 0.25) is 0 Å². The first-order valence-corrected chi connectivity index (χ1v) is 5.39. The van der Waals surface area contributed by atoms with E-state index in [4.69, 9.17) is 0 Å². The van der Waals surface area contributed by atoms with E-state index in [2.05, 4.69) is 20.8 Å². The maximum Gasteiger partial charge on any atom is 0.225 e. The molecule has 3 rings (SSSR count). The van der Waals surface area contributed by atoms with E-state index in [1.165, 1.54) is 12.8 Å². The van der Waals surface area contributed by atoms with Gasteiger partial charge in [0.2, 0.25) is 5.91 Å². The molecule has 2 heterocycles. The van der Waals surface area contributed by atoms with Crippen molar-refractivity contribution in [2.24, 2.45) is 5.92 Å². The molecule has 0 radical (unpaired) electrons. The van der Waals surface area contributed by atoms with Gasteiger partial charge in [0.15, 0.2) is 5.82 Å². The Bertz CT molecular complexity index is 394. The number of carbonyl (C=O) groups is 1. The minimum Gasteiger partial charge on any atom is -0.309 e. The number of nitrogens with zero attached hydrogens (tertiary/aromatic N) is 1. The van der Waals surface area contributed by atoms with E-state index in [9.17, 15) is 4.79 Å². The first-order chi connectivity index (χ1) is 7.33. The number of hydrogen-bond donors (Lipinski definition) is 3. The highest BCUT2D eigenvalue weighted by Crippen LogP contribution is 2.32. The first-order valence-electron chi connectivity index (χ1n) is 5.39. The van der Waals surface area contributed by atoms with Crippen LogP contribution in [0.4, 0.5) is 5.82 Å². The molecule has 0 unspecified atom stereocenters. The molecule has 15 heavy (non-hydrogen) atoms. The van der Waals surface area contributed by atoms with Gasteiger partial charge in [0.05, 0.1) is 5.69 Å². The van der Waals surface area contributed by atoms with Gasteiger partial charge in [-0.2, -0.15) is 5.10 Å². The van der Waals surface area contributed by atoms with Crippen LogP contribution < -0.4 is 10.6 Å². The molecule has 0 atom stereocenters. The fourth-order valence-corrected chi connectivity index (χ4v) is 1.92. The molecule has 5 heteroatoms. The molecule has 5 nitrogen and oxygen atoms in total. The van der Waals surface area contributed by atoms with Crippen LogP contribution in [0.1, 0.15) is 30.5 Å². The number of anilines is 1. The molecule has 1 aliphatic carbocycles. The lowest BCUT2D eigenvalue weighted by atomic mass is 10.2. The summed E-state index contributed by atoms with van der Waals surface area (Å²) in [6, 6.07) is 0. The van der Waals surface area contributed by atoms with Crippen LogP contribution in [0.5, 0.6) is 0 Å². The molecule has 0 spiro atoms. The van der Waals surface area contributed by atoms with E-state index in [-0.39, 0.29) is 5.91 Å². The zero-order valence-electron chi connectivity index (χ0n) is 8.47.